The summed E-state index contributed by atoms with van der Waals surface area (Å²) in [6.45, 7) is 20.5. The third-order valence-electron chi connectivity index (χ3n) is 9.82. The highest BCUT2D eigenvalue weighted by Crippen LogP contribution is 2.38. The molecule has 0 bridgehead atoms. The summed E-state index contributed by atoms with van der Waals surface area (Å²) < 4.78 is 12.9. The molecule has 1 heterocycles. The summed E-state index contributed by atoms with van der Waals surface area (Å²) >= 11 is 0. The molecule has 2 aromatic carbocycles. The summed E-state index contributed by atoms with van der Waals surface area (Å²) in [6, 6.07) is 20.6. The van der Waals surface area contributed by atoms with E-state index in [2.05, 4.69) is 111 Å². The van der Waals surface area contributed by atoms with Crippen molar-refractivity contribution in [2.24, 2.45) is 11.3 Å². The molecule has 0 fully saturated rings. The van der Waals surface area contributed by atoms with Crippen LogP contribution >= 0.6 is 0 Å². The standard InChI is InChI=1S/C47H63NO5Si/c1-11-12-24-38(53-54(47(8,9)10,39-26-15-13-16-27-39)40-28-17-14-18-29-40)25-20-21-30-41(49)44(46(5,6)7)48-43(50)31-22-19-23-35(2)34-37(4)42-33-32-36(3)45(51)52-42/h11-23,26-29,31-32,34,37-38,42,44H,24-25,30,33H2,1-10H3,(H,48,50)/b12-11-,21-20-,23-19-,31-22-,35-34+/t37-,38-,42-,44+/m0/s1. The Labute approximate surface area is 326 Å². The van der Waals surface area contributed by atoms with Crippen molar-refractivity contribution in [3.05, 3.63) is 133 Å². The second-order valence-corrected chi connectivity index (χ2v) is 20.7. The van der Waals surface area contributed by atoms with Crippen molar-refractivity contribution in [2.75, 3.05) is 0 Å². The van der Waals surface area contributed by atoms with Crippen molar-refractivity contribution in [3.63, 3.8) is 0 Å². The predicted molar refractivity (Wildman–Crippen MR) is 226 cm³/mol. The molecule has 1 aliphatic heterocycles. The number of benzene rings is 2. The maximum absolute atomic E-state index is 13.6. The maximum Gasteiger partial charge on any atom is 0.333 e. The van der Waals surface area contributed by atoms with Crippen molar-refractivity contribution in [3.8, 4) is 0 Å². The average molecular weight is 750 g/mol. The number of allylic oxidation sites excluding steroid dienone is 6. The van der Waals surface area contributed by atoms with E-state index < -0.39 is 19.8 Å². The van der Waals surface area contributed by atoms with Gasteiger partial charge in [-0.1, -0.05) is 169 Å². The van der Waals surface area contributed by atoms with Crippen molar-refractivity contribution < 1.29 is 23.5 Å². The van der Waals surface area contributed by atoms with Gasteiger partial charge in [0.25, 0.3) is 8.32 Å². The Morgan fingerprint density at radius 1 is 0.907 bits per heavy atom. The Bertz CT molecular complexity index is 1680. The highest BCUT2D eigenvalue weighted by Gasteiger charge is 2.51. The van der Waals surface area contributed by atoms with Crippen LogP contribution in [0.1, 0.15) is 94.9 Å². The largest absolute Gasteiger partial charge is 0.458 e. The first kappa shape index (κ1) is 44.1. The van der Waals surface area contributed by atoms with E-state index in [4.69, 9.17) is 9.16 Å². The van der Waals surface area contributed by atoms with Gasteiger partial charge in [0.2, 0.25) is 5.91 Å². The van der Waals surface area contributed by atoms with Crippen LogP contribution in [0.3, 0.4) is 0 Å². The molecule has 0 radical (unpaired) electrons. The second-order valence-electron chi connectivity index (χ2n) is 16.4. The lowest BCUT2D eigenvalue weighted by molar-refractivity contribution is -0.147. The van der Waals surface area contributed by atoms with Crippen molar-refractivity contribution in [1.29, 1.82) is 0 Å². The highest BCUT2D eigenvalue weighted by atomic mass is 28.4. The van der Waals surface area contributed by atoms with Crippen LogP contribution in [0.5, 0.6) is 0 Å². The fourth-order valence-electron chi connectivity index (χ4n) is 6.86. The first-order valence-corrected chi connectivity index (χ1v) is 21.2. The van der Waals surface area contributed by atoms with E-state index >= 15 is 0 Å². The number of ether oxygens (including phenoxy) is 1. The smallest absolute Gasteiger partial charge is 0.333 e. The monoisotopic (exact) mass is 749 g/mol. The number of carbonyl (C=O) groups excluding carboxylic acids is 3. The van der Waals surface area contributed by atoms with Crippen molar-refractivity contribution in [2.45, 2.75) is 118 Å². The van der Waals surface area contributed by atoms with Crippen LogP contribution in [-0.4, -0.2) is 44.2 Å². The Morgan fingerprint density at radius 3 is 2.02 bits per heavy atom. The van der Waals surface area contributed by atoms with E-state index in [9.17, 15) is 14.4 Å². The molecular weight excluding hydrogens is 687 g/mol. The van der Waals surface area contributed by atoms with Crippen LogP contribution in [-0.2, 0) is 23.5 Å². The number of hydrogen-bond donors (Lipinski definition) is 1. The highest BCUT2D eigenvalue weighted by molar-refractivity contribution is 6.99. The zero-order valence-electron chi connectivity index (χ0n) is 34.2. The Balaban J connectivity index is 1.68. The van der Waals surface area contributed by atoms with Gasteiger partial charge in [0.15, 0.2) is 5.78 Å². The quantitative estimate of drug-likeness (QED) is 0.0574. The molecule has 0 aromatic heterocycles. The van der Waals surface area contributed by atoms with Gasteiger partial charge < -0.3 is 14.5 Å². The van der Waals surface area contributed by atoms with Gasteiger partial charge in [-0.2, -0.15) is 0 Å². The molecule has 0 spiro atoms. The van der Waals surface area contributed by atoms with E-state index in [1.807, 2.05) is 59.8 Å². The Morgan fingerprint density at radius 2 is 1.48 bits per heavy atom. The number of hydrogen-bond acceptors (Lipinski definition) is 5. The molecule has 1 N–H and O–H groups in total. The first-order chi connectivity index (χ1) is 25.5. The maximum atomic E-state index is 13.6. The summed E-state index contributed by atoms with van der Waals surface area (Å²) in [5, 5.41) is 5.27. The molecule has 2 aromatic rings. The van der Waals surface area contributed by atoms with Gasteiger partial charge in [-0.3, -0.25) is 9.59 Å². The summed E-state index contributed by atoms with van der Waals surface area (Å²) in [7, 11) is -2.76. The molecular formula is C47H63NO5Si. The van der Waals surface area contributed by atoms with Gasteiger partial charge in [0, 0.05) is 30.4 Å². The summed E-state index contributed by atoms with van der Waals surface area (Å²) in [5.74, 6) is -0.581. The number of carbonyl (C=O) groups is 3. The summed E-state index contributed by atoms with van der Waals surface area (Å²) in [6.07, 6.45) is 21.0. The Hall–Kier alpha value is -4.33. The molecule has 7 heteroatoms. The molecule has 0 saturated heterocycles. The van der Waals surface area contributed by atoms with Crippen LogP contribution in [0.2, 0.25) is 5.04 Å². The third kappa shape index (κ3) is 12.6. The zero-order chi connectivity index (χ0) is 39.9. The number of ketones is 1. The van der Waals surface area contributed by atoms with Gasteiger partial charge >= 0.3 is 5.97 Å². The van der Waals surface area contributed by atoms with E-state index in [1.54, 1.807) is 19.1 Å². The summed E-state index contributed by atoms with van der Waals surface area (Å²) in [5.41, 5.74) is 1.17. The molecule has 3 rings (SSSR count). The van der Waals surface area contributed by atoms with Crippen molar-refractivity contribution in [1.82, 2.24) is 5.32 Å². The number of nitrogens with one attached hydrogen (secondary N) is 1. The molecule has 0 saturated carbocycles. The van der Waals surface area contributed by atoms with Gasteiger partial charge in [-0.25, -0.2) is 4.79 Å². The number of esters is 1. The minimum absolute atomic E-state index is 0.0461. The molecule has 54 heavy (non-hydrogen) atoms. The first-order valence-electron chi connectivity index (χ1n) is 19.3. The minimum Gasteiger partial charge on any atom is -0.458 e. The molecule has 290 valence electrons. The van der Waals surface area contributed by atoms with Crippen LogP contribution in [0, 0.1) is 11.3 Å². The van der Waals surface area contributed by atoms with E-state index in [0.29, 0.717) is 18.4 Å². The lowest BCUT2D eigenvalue weighted by Crippen LogP contribution is -2.67. The normalized spacial score (nSPS) is 17.9. The van der Waals surface area contributed by atoms with Crippen LogP contribution < -0.4 is 15.7 Å². The zero-order valence-corrected chi connectivity index (χ0v) is 35.2. The lowest BCUT2D eigenvalue weighted by atomic mass is 9.83. The second kappa shape index (κ2) is 20.4. The van der Waals surface area contributed by atoms with Gasteiger partial charge in [0.05, 0.1) is 12.1 Å². The van der Waals surface area contributed by atoms with Crippen LogP contribution in [0.25, 0.3) is 0 Å². The third-order valence-corrected chi connectivity index (χ3v) is 14.9. The number of rotatable bonds is 17. The van der Waals surface area contributed by atoms with Crippen LogP contribution in [0.4, 0.5) is 0 Å². The molecule has 6 nitrogen and oxygen atoms in total. The number of cyclic esters (lactones) is 1. The van der Waals surface area contributed by atoms with E-state index in [0.717, 1.165) is 12.0 Å². The molecule has 4 atom stereocenters. The fraction of sp³-hybridized carbons (Fsp3) is 0.426. The molecule has 0 unspecified atom stereocenters. The number of Topliss-reactive ketones (excluding diaryl/α,β-unsaturated/α-hetero) is 1. The Kier molecular flexibility index (Phi) is 16.6. The predicted octanol–water partition coefficient (Wildman–Crippen LogP) is 9.29. The van der Waals surface area contributed by atoms with Gasteiger partial charge in [0.1, 0.15) is 6.10 Å². The van der Waals surface area contributed by atoms with E-state index in [1.165, 1.54) is 16.4 Å². The SMILES string of the molecule is C/C=C\C[C@@H](C/C=C\CC(=O)[C@@H](NC(=O)\C=C/C=C\C(C)=C\[C@H](C)[C@@H]1CC=C(C)C(=O)O1)C(C)(C)C)O[Si](c1ccccc1)(c1ccccc1)C(C)(C)C. The van der Waals surface area contributed by atoms with Gasteiger partial charge in [-0.05, 0) is 54.4 Å². The molecule has 0 aliphatic carbocycles. The minimum atomic E-state index is -2.76. The topological polar surface area (TPSA) is 81.7 Å². The van der Waals surface area contributed by atoms with E-state index in [-0.39, 0.29) is 47.2 Å². The van der Waals surface area contributed by atoms with Crippen molar-refractivity contribution >= 4 is 36.4 Å². The molecule has 1 amide bonds. The van der Waals surface area contributed by atoms with Gasteiger partial charge in [-0.15, -0.1) is 0 Å². The average Bonchev–Trinajstić information content (AvgIpc) is 3.12. The summed E-state index contributed by atoms with van der Waals surface area (Å²) in [4.78, 5) is 38.5. The molecule has 1 aliphatic rings. The lowest BCUT2D eigenvalue weighted by Gasteiger charge is -2.45. The fourth-order valence-corrected chi connectivity index (χ4v) is 11.6. The van der Waals surface area contributed by atoms with Crippen LogP contribution in [0.15, 0.2) is 133 Å². The number of amides is 1.